The van der Waals surface area contributed by atoms with Crippen molar-refractivity contribution in [1.29, 1.82) is 5.26 Å². The highest BCUT2D eigenvalue weighted by molar-refractivity contribution is 6.31. The molecule has 0 aliphatic carbocycles. The van der Waals surface area contributed by atoms with E-state index in [1.165, 1.54) is 13.5 Å². The summed E-state index contributed by atoms with van der Waals surface area (Å²) < 4.78 is 22.0. The number of ether oxygens (including phenoxy) is 3. The molecule has 0 aliphatic rings. The van der Waals surface area contributed by atoms with Crippen molar-refractivity contribution in [3.8, 4) is 17.6 Å². The van der Waals surface area contributed by atoms with Crippen LogP contribution in [0.15, 0.2) is 71.5 Å². The van der Waals surface area contributed by atoms with Crippen molar-refractivity contribution in [2.24, 2.45) is 0 Å². The number of methoxy groups -OCH3 is 1. The monoisotopic (exact) mass is 448 g/mol. The van der Waals surface area contributed by atoms with Crippen molar-refractivity contribution in [2.75, 3.05) is 7.11 Å². The number of benzene rings is 3. The van der Waals surface area contributed by atoms with E-state index in [0.29, 0.717) is 21.9 Å². The first-order chi connectivity index (χ1) is 15.6. The van der Waals surface area contributed by atoms with Crippen LogP contribution in [-0.4, -0.2) is 18.1 Å². The largest absolute Gasteiger partial charge is 0.489 e. The van der Waals surface area contributed by atoms with Gasteiger partial charge in [-0.2, -0.15) is 5.26 Å². The van der Waals surface area contributed by atoms with E-state index in [1.54, 1.807) is 42.5 Å². The number of rotatable bonds is 7. The van der Waals surface area contributed by atoms with Crippen LogP contribution in [0, 0.1) is 11.3 Å². The summed E-state index contributed by atoms with van der Waals surface area (Å²) in [6, 6.07) is 19.1. The van der Waals surface area contributed by atoms with E-state index in [1.807, 2.05) is 24.3 Å². The zero-order chi connectivity index (χ0) is 22.5. The standard InChI is InChI=1S/C24H17ClN2O5/c1-29-24(28)23(32-21-5-3-2-4-16(21)12-26)18-11-17(7-8-19(18)25)30-13-15-6-9-20-22(10-15)31-14-27-20/h2-11,14,23H,13H2,1H3. The third-order valence-corrected chi connectivity index (χ3v) is 5.06. The van der Waals surface area contributed by atoms with Crippen LogP contribution in [0.5, 0.6) is 11.5 Å². The van der Waals surface area contributed by atoms with Gasteiger partial charge in [0.25, 0.3) is 0 Å². The summed E-state index contributed by atoms with van der Waals surface area (Å²) in [6.07, 6.45) is 0.203. The topological polar surface area (TPSA) is 94.6 Å². The minimum absolute atomic E-state index is 0.244. The molecule has 8 heteroatoms. The molecule has 0 radical (unpaired) electrons. The quantitative estimate of drug-likeness (QED) is 0.357. The zero-order valence-electron chi connectivity index (χ0n) is 16.9. The van der Waals surface area contributed by atoms with Crippen molar-refractivity contribution >= 4 is 28.7 Å². The van der Waals surface area contributed by atoms with Crippen molar-refractivity contribution in [1.82, 2.24) is 4.98 Å². The highest BCUT2D eigenvalue weighted by Gasteiger charge is 2.27. The fourth-order valence-corrected chi connectivity index (χ4v) is 3.32. The Balaban J connectivity index is 1.59. The first kappa shape index (κ1) is 21.2. The molecule has 0 saturated heterocycles. The minimum Gasteiger partial charge on any atom is -0.489 e. The summed E-state index contributed by atoms with van der Waals surface area (Å²) in [4.78, 5) is 16.6. The van der Waals surface area contributed by atoms with Crippen LogP contribution in [0.3, 0.4) is 0 Å². The van der Waals surface area contributed by atoms with Crippen LogP contribution in [-0.2, 0) is 16.1 Å². The SMILES string of the molecule is COC(=O)C(Oc1ccccc1C#N)c1cc(OCc2ccc3ncoc3c2)ccc1Cl. The van der Waals surface area contributed by atoms with Crippen LogP contribution in [0.2, 0.25) is 5.02 Å². The molecule has 32 heavy (non-hydrogen) atoms. The Hall–Kier alpha value is -4.02. The van der Waals surface area contributed by atoms with E-state index in [0.717, 1.165) is 11.1 Å². The highest BCUT2D eigenvalue weighted by atomic mass is 35.5. The Morgan fingerprint density at radius 1 is 1.19 bits per heavy atom. The van der Waals surface area contributed by atoms with E-state index in [4.69, 9.17) is 30.2 Å². The molecule has 1 aromatic heterocycles. The Kier molecular flexibility index (Phi) is 6.24. The fourth-order valence-electron chi connectivity index (χ4n) is 3.10. The smallest absolute Gasteiger partial charge is 0.351 e. The third kappa shape index (κ3) is 4.51. The maximum atomic E-state index is 12.5. The molecule has 0 aliphatic heterocycles. The number of oxazole rings is 1. The number of nitriles is 1. The van der Waals surface area contributed by atoms with Gasteiger partial charge in [-0.3, -0.25) is 0 Å². The average Bonchev–Trinajstić information content (AvgIpc) is 3.30. The second kappa shape index (κ2) is 9.41. The normalized spacial score (nSPS) is 11.5. The maximum Gasteiger partial charge on any atom is 0.351 e. The van der Waals surface area contributed by atoms with Crippen molar-refractivity contribution in [3.63, 3.8) is 0 Å². The van der Waals surface area contributed by atoms with Crippen LogP contribution in [0.25, 0.3) is 11.1 Å². The molecule has 1 atom stereocenters. The van der Waals surface area contributed by atoms with Gasteiger partial charge in [-0.1, -0.05) is 29.8 Å². The number of hydrogen-bond donors (Lipinski definition) is 0. The molecule has 1 heterocycles. The Morgan fingerprint density at radius 2 is 2.03 bits per heavy atom. The van der Waals surface area contributed by atoms with Crippen LogP contribution < -0.4 is 9.47 Å². The first-order valence-corrected chi connectivity index (χ1v) is 9.95. The molecule has 0 amide bonds. The van der Waals surface area contributed by atoms with Gasteiger partial charge in [0.1, 0.15) is 29.7 Å². The Morgan fingerprint density at radius 3 is 2.84 bits per heavy atom. The molecule has 0 bridgehead atoms. The van der Waals surface area contributed by atoms with Crippen LogP contribution in [0.4, 0.5) is 0 Å². The predicted octanol–water partition coefficient (Wildman–Crippen LogP) is 5.22. The molecule has 0 spiro atoms. The molecular formula is C24H17ClN2O5. The van der Waals surface area contributed by atoms with Gasteiger partial charge in [0, 0.05) is 10.6 Å². The number of halogens is 1. The van der Waals surface area contributed by atoms with E-state index in [9.17, 15) is 10.1 Å². The minimum atomic E-state index is -1.18. The number of carbonyl (C=O) groups is 1. The number of hydrogen-bond acceptors (Lipinski definition) is 7. The summed E-state index contributed by atoms with van der Waals surface area (Å²) in [7, 11) is 1.25. The number of carbonyl (C=O) groups excluding carboxylic acids is 1. The van der Waals surface area contributed by atoms with Crippen molar-refractivity contribution in [2.45, 2.75) is 12.7 Å². The predicted molar refractivity (Wildman–Crippen MR) is 116 cm³/mol. The zero-order valence-corrected chi connectivity index (χ0v) is 17.7. The lowest BCUT2D eigenvalue weighted by Gasteiger charge is -2.20. The van der Waals surface area contributed by atoms with E-state index in [-0.39, 0.29) is 17.9 Å². The number of esters is 1. The number of aromatic nitrogens is 1. The molecule has 0 saturated carbocycles. The second-order valence-corrected chi connectivity index (χ2v) is 7.16. The summed E-state index contributed by atoms with van der Waals surface area (Å²) in [6.45, 7) is 0.263. The molecule has 160 valence electrons. The van der Waals surface area contributed by atoms with Gasteiger partial charge >= 0.3 is 5.97 Å². The second-order valence-electron chi connectivity index (χ2n) is 6.76. The van der Waals surface area contributed by atoms with Crippen molar-refractivity contribution < 1.29 is 23.4 Å². The lowest BCUT2D eigenvalue weighted by atomic mass is 10.1. The lowest BCUT2D eigenvalue weighted by Crippen LogP contribution is -2.21. The van der Waals surface area contributed by atoms with Gasteiger partial charge in [-0.05, 0) is 48.0 Å². The molecule has 4 aromatic rings. The summed E-state index contributed by atoms with van der Waals surface area (Å²) in [5.41, 5.74) is 2.95. The number of fused-ring (bicyclic) bond motifs is 1. The summed E-state index contributed by atoms with van der Waals surface area (Å²) >= 11 is 6.37. The Bertz CT molecular complexity index is 1310. The lowest BCUT2D eigenvalue weighted by molar-refractivity contribution is -0.149. The van der Waals surface area contributed by atoms with E-state index < -0.39 is 12.1 Å². The first-order valence-electron chi connectivity index (χ1n) is 9.57. The molecule has 0 fully saturated rings. The molecular weight excluding hydrogens is 432 g/mol. The molecule has 4 rings (SSSR count). The summed E-state index contributed by atoms with van der Waals surface area (Å²) in [5.74, 6) is 0.0638. The van der Waals surface area contributed by atoms with Crippen molar-refractivity contribution in [3.05, 3.63) is 88.8 Å². The van der Waals surface area contributed by atoms with Gasteiger partial charge in [-0.25, -0.2) is 9.78 Å². The molecule has 7 nitrogen and oxygen atoms in total. The number of nitrogens with zero attached hydrogens (tertiary/aromatic N) is 2. The van der Waals surface area contributed by atoms with Gasteiger partial charge in [-0.15, -0.1) is 0 Å². The number of para-hydroxylation sites is 1. The summed E-state index contributed by atoms with van der Waals surface area (Å²) in [5, 5.41) is 9.62. The van der Waals surface area contributed by atoms with E-state index >= 15 is 0 Å². The van der Waals surface area contributed by atoms with Gasteiger partial charge in [0.05, 0.1) is 12.7 Å². The molecule has 3 aromatic carbocycles. The average molecular weight is 449 g/mol. The van der Waals surface area contributed by atoms with Crippen LogP contribution in [0.1, 0.15) is 22.8 Å². The van der Waals surface area contributed by atoms with Crippen LogP contribution >= 0.6 is 11.6 Å². The Labute approximate surface area is 188 Å². The third-order valence-electron chi connectivity index (χ3n) is 4.72. The van der Waals surface area contributed by atoms with Gasteiger partial charge < -0.3 is 18.6 Å². The fraction of sp³-hybridized carbons (Fsp3) is 0.125. The van der Waals surface area contributed by atoms with E-state index in [2.05, 4.69) is 4.98 Å². The maximum absolute atomic E-state index is 12.5. The van der Waals surface area contributed by atoms with Gasteiger partial charge in [0.15, 0.2) is 12.0 Å². The highest BCUT2D eigenvalue weighted by Crippen LogP contribution is 2.33. The van der Waals surface area contributed by atoms with Gasteiger partial charge in [0.2, 0.25) is 6.10 Å². The molecule has 1 unspecified atom stereocenters. The molecule has 0 N–H and O–H groups in total.